The number of nitrogens with zero attached hydrogens (tertiary/aromatic N) is 1. The Morgan fingerprint density at radius 2 is 1.93 bits per heavy atom. The van der Waals surface area contributed by atoms with Crippen LogP contribution in [0.4, 0.5) is 0 Å². The van der Waals surface area contributed by atoms with E-state index in [1.165, 1.54) is 19.4 Å². The van der Waals surface area contributed by atoms with Crippen molar-refractivity contribution in [3.8, 4) is 11.5 Å². The van der Waals surface area contributed by atoms with Crippen LogP contribution in [0.1, 0.15) is 30.9 Å². The van der Waals surface area contributed by atoms with Gasteiger partial charge in [0.1, 0.15) is 6.61 Å². The van der Waals surface area contributed by atoms with E-state index >= 15 is 0 Å². The quantitative estimate of drug-likeness (QED) is 0.689. The van der Waals surface area contributed by atoms with Gasteiger partial charge in [-0.15, -0.1) is 0 Å². The standard InChI is InChI=1S/C22H30N2O2.ClH/c1-3-24-14-8-12-20(24)16-23-15-19-11-7-13-21(25-2)22(19)26-17-18-9-5-4-6-10-18;/h4-7,9-11,13,20,23H,3,8,12,14-17H2,1-2H3;1H/p-1. The first-order valence-corrected chi connectivity index (χ1v) is 9.59. The normalized spacial score (nSPS) is 16.7. The van der Waals surface area contributed by atoms with E-state index in [0.29, 0.717) is 12.6 Å². The molecule has 0 aliphatic carbocycles. The highest BCUT2D eigenvalue weighted by Gasteiger charge is 2.22. The second-order valence-electron chi connectivity index (χ2n) is 6.78. The van der Waals surface area contributed by atoms with E-state index in [0.717, 1.165) is 42.3 Å². The molecule has 1 aliphatic rings. The zero-order valence-corrected chi connectivity index (χ0v) is 17.0. The summed E-state index contributed by atoms with van der Waals surface area (Å²) in [4.78, 5) is 2.56. The summed E-state index contributed by atoms with van der Waals surface area (Å²) in [5, 5.41) is 3.62. The maximum absolute atomic E-state index is 6.13. The molecule has 1 unspecified atom stereocenters. The Labute approximate surface area is 169 Å². The first-order chi connectivity index (χ1) is 12.8. The van der Waals surface area contributed by atoms with Gasteiger partial charge in [0.15, 0.2) is 11.5 Å². The van der Waals surface area contributed by atoms with Crippen molar-refractivity contribution in [1.29, 1.82) is 0 Å². The number of likely N-dealkylation sites (N-methyl/N-ethyl adjacent to an activating group) is 1. The van der Waals surface area contributed by atoms with Crippen molar-refractivity contribution >= 4 is 0 Å². The lowest BCUT2D eigenvalue weighted by atomic mass is 10.1. The molecule has 0 bridgehead atoms. The number of hydrogen-bond donors (Lipinski definition) is 1. The van der Waals surface area contributed by atoms with Crippen LogP contribution in [0.5, 0.6) is 11.5 Å². The van der Waals surface area contributed by atoms with Crippen LogP contribution in [-0.4, -0.2) is 37.7 Å². The molecule has 1 saturated heterocycles. The average molecular weight is 390 g/mol. The summed E-state index contributed by atoms with van der Waals surface area (Å²) < 4.78 is 11.7. The number of methoxy groups -OCH3 is 1. The van der Waals surface area contributed by atoms with Crippen LogP contribution in [-0.2, 0) is 13.2 Å². The Kier molecular flexibility index (Phi) is 8.92. The number of benzene rings is 2. The second kappa shape index (κ2) is 11.2. The molecule has 0 amide bonds. The van der Waals surface area contributed by atoms with Gasteiger partial charge in [0.25, 0.3) is 0 Å². The Morgan fingerprint density at radius 1 is 1.11 bits per heavy atom. The fourth-order valence-electron chi connectivity index (χ4n) is 3.67. The van der Waals surface area contributed by atoms with Crippen LogP contribution in [0.25, 0.3) is 0 Å². The number of para-hydroxylation sites is 1. The van der Waals surface area contributed by atoms with Gasteiger partial charge in [-0.05, 0) is 37.6 Å². The largest absolute Gasteiger partial charge is 1.00 e. The number of hydrogen-bond acceptors (Lipinski definition) is 4. The van der Waals surface area contributed by atoms with Crippen LogP contribution in [0.2, 0.25) is 0 Å². The van der Waals surface area contributed by atoms with Crippen molar-refractivity contribution in [2.45, 2.75) is 39.0 Å². The number of halogens is 1. The lowest BCUT2D eigenvalue weighted by Gasteiger charge is -2.23. The third kappa shape index (κ3) is 5.86. The summed E-state index contributed by atoms with van der Waals surface area (Å²) >= 11 is 0. The summed E-state index contributed by atoms with van der Waals surface area (Å²) in [5.41, 5.74) is 2.29. The molecule has 3 rings (SSSR count). The molecule has 1 atom stereocenters. The van der Waals surface area contributed by atoms with Crippen molar-refractivity contribution < 1.29 is 21.9 Å². The summed E-state index contributed by atoms with van der Waals surface area (Å²) in [6, 6.07) is 17.0. The molecule has 1 fully saturated rings. The molecule has 5 heteroatoms. The fourth-order valence-corrected chi connectivity index (χ4v) is 3.67. The van der Waals surface area contributed by atoms with E-state index in [1.54, 1.807) is 7.11 Å². The third-order valence-electron chi connectivity index (χ3n) is 5.11. The van der Waals surface area contributed by atoms with Crippen molar-refractivity contribution in [2.75, 3.05) is 26.7 Å². The summed E-state index contributed by atoms with van der Waals surface area (Å²) in [6.45, 7) is 6.96. The third-order valence-corrected chi connectivity index (χ3v) is 5.11. The molecule has 4 nitrogen and oxygen atoms in total. The summed E-state index contributed by atoms with van der Waals surface area (Å²) in [6.07, 6.45) is 2.60. The molecular formula is C22H30ClN2O2-. The van der Waals surface area contributed by atoms with Crippen LogP contribution in [0.15, 0.2) is 48.5 Å². The molecule has 1 N–H and O–H groups in total. The Morgan fingerprint density at radius 3 is 2.67 bits per heavy atom. The first kappa shape index (κ1) is 21.5. The highest BCUT2D eigenvalue weighted by atomic mass is 35.5. The molecule has 1 aliphatic heterocycles. The van der Waals surface area contributed by atoms with Gasteiger partial charge >= 0.3 is 0 Å². The van der Waals surface area contributed by atoms with Gasteiger partial charge < -0.3 is 27.2 Å². The highest BCUT2D eigenvalue weighted by molar-refractivity contribution is 5.46. The van der Waals surface area contributed by atoms with Gasteiger partial charge in [0.05, 0.1) is 7.11 Å². The van der Waals surface area contributed by atoms with Gasteiger partial charge in [-0.3, -0.25) is 4.90 Å². The summed E-state index contributed by atoms with van der Waals surface area (Å²) in [7, 11) is 1.69. The number of rotatable bonds is 9. The Hall–Kier alpha value is -1.75. The fraction of sp³-hybridized carbons (Fsp3) is 0.455. The SMILES string of the molecule is CCN1CCCC1CNCc1cccc(OC)c1OCc1ccccc1.[Cl-]. The van der Waals surface area contributed by atoms with Gasteiger partial charge in [0, 0.05) is 24.7 Å². The minimum absolute atomic E-state index is 0. The van der Waals surface area contributed by atoms with Crippen molar-refractivity contribution in [3.05, 3.63) is 59.7 Å². The van der Waals surface area contributed by atoms with Crippen molar-refractivity contribution in [3.63, 3.8) is 0 Å². The first-order valence-electron chi connectivity index (χ1n) is 9.59. The smallest absolute Gasteiger partial charge is 0.166 e. The predicted octanol–water partition coefficient (Wildman–Crippen LogP) is 0.852. The van der Waals surface area contributed by atoms with Crippen LogP contribution in [0, 0.1) is 0 Å². The number of nitrogens with one attached hydrogen (secondary N) is 1. The molecular weight excluding hydrogens is 360 g/mol. The van der Waals surface area contributed by atoms with E-state index in [1.807, 2.05) is 30.3 Å². The molecule has 148 valence electrons. The lowest BCUT2D eigenvalue weighted by molar-refractivity contribution is -0.00000598. The molecule has 2 aromatic carbocycles. The minimum Gasteiger partial charge on any atom is -1.00 e. The van der Waals surface area contributed by atoms with Crippen molar-refractivity contribution in [2.24, 2.45) is 0 Å². The van der Waals surface area contributed by atoms with Crippen LogP contribution >= 0.6 is 0 Å². The topological polar surface area (TPSA) is 33.7 Å². The minimum atomic E-state index is 0. The molecule has 0 spiro atoms. The number of likely N-dealkylation sites (tertiary alicyclic amines) is 1. The maximum atomic E-state index is 6.13. The van der Waals surface area contributed by atoms with E-state index in [2.05, 4.69) is 35.3 Å². The second-order valence-corrected chi connectivity index (χ2v) is 6.78. The molecule has 0 aromatic heterocycles. The summed E-state index contributed by atoms with van der Waals surface area (Å²) in [5.74, 6) is 1.63. The molecule has 27 heavy (non-hydrogen) atoms. The molecule has 0 saturated carbocycles. The van der Waals surface area contributed by atoms with Crippen LogP contribution < -0.4 is 27.2 Å². The molecule has 2 aromatic rings. The lowest BCUT2D eigenvalue weighted by Crippen LogP contribution is -3.00. The molecule has 0 radical (unpaired) electrons. The van der Waals surface area contributed by atoms with Gasteiger partial charge in [0.2, 0.25) is 0 Å². The van der Waals surface area contributed by atoms with E-state index in [9.17, 15) is 0 Å². The van der Waals surface area contributed by atoms with E-state index in [-0.39, 0.29) is 12.4 Å². The van der Waals surface area contributed by atoms with Gasteiger partial charge in [-0.25, -0.2) is 0 Å². The Balaban J connectivity index is 0.00000261. The average Bonchev–Trinajstić information content (AvgIpc) is 3.15. The Bertz CT molecular complexity index is 681. The highest BCUT2D eigenvalue weighted by Crippen LogP contribution is 2.32. The zero-order chi connectivity index (χ0) is 18.2. The van der Waals surface area contributed by atoms with Crippen molar-refractivity contribution in [1.82, 2.24) is 10.2 Å². The number of ether oxygens (including phenoxy) is 2. The van der Waals surface area contributed by atoms with E-state index in [4.69, 9.17) is 9.47 Å². The zero-order valence-electron chi connectivity index (χ0n) is 16.3. The maximum Gasteiger partial charge on any atom is 0.166 e. The van der Waals surface area contributed by atoms with Crippen LogP contribution in [0.3, 0.4) is 0 Å². The van der Waals surface area contributed by atoms with Gasteiger partial charge in [-0.2, -0.15) is 0 Å². The van der Waals surface area contributed by atoms with E-state index < -0.39 is 0 Å². The predicted molar refractivity (Wildman–Crippen MR) is 106 cm³/mol. The monoisotopic (exact) mass is 389 g/mol. The van der Waals surface area contributed by atoms with Gasteiger partial charge in [-0.1, -0.05) is 49.4 Å². The molecule has 1 heterocycles.